The molecule has 4 amide bonds. The summed E-state index contributed by atoms with van der Waals surface area (Å²) in [6.07, 6.45) is 2.38. The molecule has 6 N–H and O–H groups in total. The van der Waals surface area contributed by atoms with Gasteiger partial charge in [0.1, 0.15) is 17.9 Å². The number of para-hydroxylation sites is 1. The number of hydrogen-bond donors (Lipinski definition) is 6. The number of amides is 4. The van der Waals surface area contributed by atoms with Crippen LogP contribution in [0.4, 0.5) is 4.39 Å². The van der Waals surface area contributed by atoms with E-state index in [1.165, 1.54) is 24.3 Å². The zero-order valence-electron chi connectivity index (χ0n) is 22.6. The molecule has 2 atom stereocenters. The summed E-state index contributed by atoms with van der Waals surface area (Å²) in [5.41, 5.74) is 2.21. The first kappa shape index (κ1) is 30.7. The minimum Gasteiger partial charge on any atom is -0.361 e. The quantitative estimate of drug-likeness (QED) is 0.154. The van der Waals surface area contributed by atoms with Crippen LogP contribution in [-0.4, -0.2) is 59.2 Å². The SMILES string of the molecule is CCC(=O)NCC(=O)N[C@@H](Cc1c[nH]c2ccccc12)C(=O)N[C@@H](CCC(=O)C=N)C(=O)NCc1ccc(F)cc1. The van der Waals surface area contributed by atoms with Crippen molar-refractivity contribution < 1.29 is 28.4 Å². The maximum atomic E-state index is 13.5. The first-order valence-corrected chi connectivity index (χ1v) is 13.2. The molecule has 0 aliphatic rings. The molecule has 0 fully saturated rings. The Bertz CT molecular complexity index is 1400. The first-order chi connectivity index (χ1) is 19.7. The number of aromatic nitrogens is 1. The smallest absolute Gasteiger partial charge is 0.243 e. The fourth-order valence-corrected chi connectivity index (χ4v) is 4.09. The Labute approximate surface area is 236 Å². The second-order valence-electron chi connectivity index (χ2n) is 9.37. The van der Waals surface area contributed by atoms with Crippen molar-refractivity contribution in [3.05, 3.63) is 71.7 Å². The highest BCUT2D eigenvalue weighted by atomic mass is 19.1. The lowest BCUT2D eigenvalue weighted by Crippen LogP contribution is -2.55. The van der Waals surface area contributed by atoms with E-state index in [0.717, 1.165) is 16.5 Å². The van der Waals surface area contributed by atoms with Crippen LogP contribution in [0.25, 0.3) is 10.9 Å². The lowest BCUT2D eigenvalue weighted by Gasteiger charge is -2.23. The summed E-state index contributed by atoms with van der Waals surface area (Å²) in [5, 5.41) is 18.4. The third-order valence-corrected chi connectivity index (χ3v) is 6.37. The van der Waals surface area contributed by atoms with Crippen LogP contribution in [-0.2, 0) is 36.9 Å². The van der Waals surface area contributed by atoms with E-state index < -0.39 is 41.4 Å². The Balaban J connectivity index is 1.78. The van der Waals surface area contributed by atoms with Crippen molar-refractivity contribution in [3.8, 4) is 0 Å². The molecule has 0 spiro atoms. The number of aromatic amines is 1. The summed E-state index contributed by atoms with van der Waals surface area (Å²) in [5.74, 6) is -3.13. The molecule has 0 bridgehead atoms. The van der Waals surface area contributed by atoms with Gasteiger partial charge in [0.05, 0.1) is 12.8 Å². The van der Waals surface area contributed by atoms with Crippen LogP contribution in [0.2, 0.25) is 0 Å². The van der Waals surface area contributed by atoms with Crippen molar-refractivity contribution in [2.75, 3.05) is 6.54 Å². The normalized spacial score (nSPS) is 12.1. The number of ketones is 1. The van der Waals surface area contributed by atoms with Gasteiger partial charge in [-0.25, -0.2) is 4.39 Å². The van der Waals surface area contributed by atoms with Crippen molar-refractivity contribution in [1.82, 2.24) is 26.3 Å². The van der Waals surface area contributed by atoms with E-state index in [2.05, 4.69) is 26.3 Å². The number of Topliss-reactive ketones (excluding diaryl/α,β-unsaturated/α-hetero) is 1. The molecular formula is C29H33FN6O5. The fourth-order valence-electron chi connectivity index (χ4n) is 4.09. The third-order valence-electron chi connectivity index (χ3n) is 6.37. The minimum atomic E-state index is -1.16. The van der Waals surface area contributed by atoms with Crippen molar-refractivity contribution in [3.63, 3.8) is 0 Å². The van der Waals surface area contributed by atoms with Crippen LogP contribution in [0.15, 0.2) is 54.7 Å². The lowest BCUT2D eigenvalue weighted by atomic mass is 10.0. The van der Waals surface area contributed by atoms with Gasteiger partial charge in [0.25, 0.3) is 0 Å². The van der Waals surface area contributed by atoms with Crippen LogP contribution in [0.1, 0.15) is 37.3 Å². The molecule has 0 aliphatic heterocycles. The van der Waals surface area contributed by atoms with Gasteiger partial charge >= 0.3 is 0 Å². The Morgan fingerprint density at radius 2 is 1.66 bits per heavy atom. The Morgan fingerprint density at radius 1 is 0.927 bits per heavy atom. The van der Waals surface area contributed by atoms with E-state index in [4.69, 9.17) is 5.41 Å². The van der Waals surface area contributed by atoms with Crippen molar-refractivity contribution >= 4 is 46.5 Å². The van der Waals surface area contributed by atoms with Crippen molar-refractivity contribution in [2.24, 2.45) is 0 Å². The van der Waals surface area contributed by atoms with Gasteiger partial charge in [-0.3, -0.25) is 24.0 Å². The number of halogens is 1. The average Bonchev–Trinajstić information content (AvgIpc) is 3.39. The van der Waals surface area contributed by atoms with E-state index in [9.17, 15) is 28.4 Å². The Morgan fingerprint density at radius 3 is 2.37 bits per heavy atom. The topological polar surface area (TPSA) is 173 Å². The zero-order valence-corrected chi connectivity index (χ0v) is 22.6. The van der Waals surface area contributed by atoms with Crippen molar-refractivity contribution in [1.29, 1.82) is 5.41 Å². The Hall–Kier alpha value is -4.87. The molecule has 216 valence electrons. The van der Waals surface area contributed by atoms with Gasteiger partial charge in [-0.1, -0.05) is 37.3 Å². The highest BCUT2D eigenvalue weighted by molar-refractivity contribution is 6.26. The third kappa shape index (κ3) is 9.38. The van der Waals surface area contributed by atoms with Crippen LogP contribution in [0.5, 0.6) is 0 Å². The molecule has 3 rings (SSSR count). The Kier molecular flexibility index (Phi) is 11.3. The van der Waals surface area contributed by atoms with Crippen LogP contribution < -0.4 is 21.3 Å². The predicted molar refractivity (Wildman–Crippen MR) is 150 cm³/mol. The van der Waals surface area contributed by atoms with Gasteiger partial charge in [-0.2, -0.15) is 0 Å². The van der Waals surface area contributed by atoms with Gasteiger partial charge in [0.15, 0.2) is 5.78 Å². The minimum absolute atomic E-state index is 0.0522. The summed E-state index contributed by atoms with van der Waals surface area (Å²) in [4.78, 5) is 65.7. The molecule has 0 unspecified atom stereocenters. The summed E-state index contributed by atoms with van der Waals surface area (Å²) in [6.45, 7) is 1.36. The van der Waals surface area contributed by atoms with E-state index in [1.54, 1.807) is 13.1 Å². The summed E-state index contributed by atoms with van der Waals surface area (Å²) in [6, 6.07) is 10.7. The number of carbonyl (C=O) groups is 5. The van der Waals surface area contributed by atoms with Gasteiger partial charge in [-0.15, -0.1) is 0 Å². The second-order valence-corrected chi connectivity index (χ2v) is 9.37. The molecule has 0 radical (unpaired) electrons. The largest absolute Gasteiger partial charge is 0.361 e. The van der Waals surface area contributed by atoms with Crippen LogP contribution in [0, 0.1) is 11.2 Å². The van der Waals surface area contributed by atoms with Gasteiger partial charge in [0.2, 0.25) is 23.6 Å². The number of H-pyrrole nitrogens is 1. The molecule has 2 aromatic carbocycles. The molecule has 11 nitrogen and oxygen atoms in total. The van der Waals surface area contributed by atoms with Gasteiger partial charge in [0, 0.05) is 42.9 Å². The van der Waals surface area contributed by atoms with Gasteiger partial charge < -0.3 is 31.7 Å². The maximum absolute atomic E-state index is 13.5. The van der Waals surface area contributed by atoms with Gasteiger partial charge in [-0.05, 0) is 35.7 Å². The molecule has 3 aromatic rings. The van der Waals surface area contributed by atoms with Crippen LogP contribution in [0.3, 0.4) is 0 Å². The second kappa shape index (κ2) is 15.1. The molecule has 0 saturated carbocycles. The lowest BCUT2D eigenvalue weighted by molar-refractivity contribution is -0.132. The highest BCUT2D eigenvalue weighted by Crippen LogP contribution is 2.19. The standard InChI is InChI=1S/C29H33FN6O5/c1-2-26(38)33-17-27(39)35-25(13-19-16-32-23-6-4-3-5-22(19)23)29(41)36-24(12-11-21(37)14-31)28(40)34-15-18-7-9-20(30)10-8-18/h3-10,14,16,24-25,31-32H,2,11-13,15,17H2,1H3,(H,33,38)(H,34,40)(H,35,39)(H,36,41)/t24-,25-/m0/s1. The first-order valence-electron chi connectivity index (χ1n) is 13.2. The summed E-state index contributed by atoms with van der Waals surface area (Å²) >= 11 is 0. The average molecular weight is 565 g/mol. The number of carbonyl (C=O) groups excluding carboxylic acids is 5. The van der Waals surface area contributed by atoms with E-state index >= 15 is 0 Å². The number of hydrogen-bond acceptors (Lipinski definition) is 6. The number of rotatable bonds is 15. The highest BCUT2D eigenvalue weighted by Gasteiger charge is 2.28. The zero-order chi connectivity index (χ0) is 29.8. The molecule has 1 aromatic heterocycles. The molecule has 12 heteroatoms. The van der Waals surface area contributed by atoms with E-state index in [1.807, 2.05) is 24.3 Å². The molecular weight excluding hydrogens is 531 g/mol. The monoisotopic (exact) mass is 564 g/mol. The van der Waals surface area contributed by atoms with Crippen LogP contribution >= 0.6 is 0 Å². The van der Waals surface area contributed by atoms with Crippen molar-refractivity contribution in [2.45, 2.75) is 51.2 Å². The fraction of sp³-hybridized carbons (Fsp3) is 0.310. The molecule has 1 heterocycles. The molecule has 0 aliphatic carbocycles. The van der Waals surface area contributed by atoms with E-state index in [0.29, 0.717) is 11.8 Å². The molecule has 41 heavy (non-hydrogen) atoms. The molecule has 0 saturated heterocycles. The summed E-state index contributed by atoms with van der Waals surface area (Å²) in [7, 11) is 0. The number of nitrogens with one attached hydrogen (secondary N) is 6. The maximum Gasteiger partial charge on any atom is 0.243 e. The number of fused-ring (bicyclic) bond motifs is 1. The van der Waals surface area contributed by atoms with E-state index in [-0.39, 0.29) is 44.7 Å². The predicted octanol–water partition coefficient (Wildman–Crippen LogP) is 1.66. The number of benzene rings is 2. The summed E-state index contributed by atoms with van der Waals surface area (Å²) < 4.78 is 13.2.